The number of carbonyl (C=O) groups excluding carboxylic acids is 1. The van der Waals surface area contributed by atoms with E-state index in [2.05, 4.69) is 95.6 Å². The number of aliphatic hydroxyl groups excluding tert-OH is 1. The maximum absolute atomic E-state index is 13.1. The molecule has 0 aromatic heterocycles. The number of allylic oxidation sites excluding steroid dienone is 1. The predicted octanol–water partition coefficient (Wildman–Crippen LogP) is 8.46. The fraction of sp³-hybridized carbons (Fsp3) is 0.0417. The van der Waals surface area contributed by atoms with Crippen molar-refractivity contribution >= 4 is 113 Å². The van der Waals surface area contributed by atoms with Gasteiger partial charge in [0, 0.05) is 5.57 Å². The molecule has 6 nitrogen and oxygen atoms in total. The molecule has 0 saturated carbocycles. The number of aromatic hydroxyl groups is 3. The molecule has 0 spiro atoms. The second-order valence-electron chi connectivity index (χ2n) is 7.54. The van der Waals surface area contributed by atoms with E-state index in [1.165, 1.54) is 12.1 Å². The third-order valence-corrected chi connectivity index (χ3v) is 8.84. The van der Waals surface area contributed by atoms with Crippen LogP contribution in [0.25, 0.3) is 11.6 Å². The van der Waals surface area contributed by atoms with Gasteiger partial charge in [0.1, 0.15) is 29.1 Å². The van der Waals surface area contributed by atoms with E-state index in [1.807, 2.05) is 0 Å². The van der Waals surface area contributed by atoms with Crippen molar-refractivity contribution < 1.29 is 30.0 Å². The van der Waals surface area contributed by atoms with Gasteiger partial charge in [-0.25, -0.2) is 4.79 Å². The lowest BCUT2D eigenvalue weighted by Gasteiger charge is -2.15. The van der Waals surface area contributed by atoms with Crippen LogP contribution in [-0.4, -0.2) is 26.4 Å². The zero-order chi connectivity index (χ0) is 26.5. The average molecular weight is 876 g/mol. The van der Waals surface area contributed by atoms with Gasteiger partial charge in [-0.15, -0.1) is 0 Å². The highest BCUT2D eigenvalue weighted by molar-refractivity contribution is 9.11. The van der Waals surface area contributed by atoms with E-state index in [1.54, 1.807) is 30.3 Å². The Hall–Kier alpha value is -1.15. The topological polar surface area (TPSA) is 107 Å². The Balaban J connectivity index is 1.98. The number of benzene rings is 3. The molecule has 0 aliphatic carbocycles. The third kappa shape index (κ3) is 5.36. The first kappa shape index (κ1) is 27.9. The van der Waals surface area contributed by atoms with Crippen molar-refractivity contribution in [3.63, 3.8) is 0 Å². The number of cyclic esters (lactones) is 1. The second-order valence-corrected chi connectivity index (χ2v) is 12.7. The standard InChI is InChI=1S/C24H12Br6O6/c25-11-1-8(2-12(26)21(11)32)3-17-18(9-4-13(27)22(33)14(28)5-9)19(24(35)36-17)20(31)10-6-15(29)23(34)16(30)7-10/h1-7,20,31-34H/b17-3-/t20-/m0/s1. The molecule has 0 radical (unpaired) electrons. The second kappa shape index (κ2) is 10.9. The molecule has 12 heteroatoms. The van der Waals surface area contributed by atoms with Gasteiger partial charge in [-0.2, -0.15) is 0 Å². The maximum atomic E-state index is 13.1. The Kier molecular flexibility index (Phi) is 8.45. The van der Waals surface area contributed by atoms with Crippen LogP contribution in [-0.2, 0) is 9.53 Å². The summed E-state index contributed by atoms with van der Waals surface area (Å²) >= 11 is 19.7. The Morgan fingerprint density at radius 2 is 1.11 bits per heavy atom. The molecule has 0 amide bonds. The molecule has 0 saturated heterocycles. The summed E-state index contributed by atoms with van der Waals surface area (Å²) in [4.78, 5) is 13.1. The highest BCUT2D eigenvalue weighted by atomic mass is 79.9. The van der Waals surface area contributed by atoms with E-state index in [4.69, 9.17) is 4.74 Å². The number of esters is 1. The van der Waals surface area contributed by atoms with Crippen molar-refractivity contribution in [3.05, 3.63) is 91.3 Å². The molecule has 3 aromatic rings. The highest BCUT2D eigenvalue weighted by Gasteiger charge is 2.37. The summed E-state index contributed by atoms with van der Waals surface area (Å²) in [6, 6.07) is 9.49. The smallest absolute Gasteiger partial charge is 0.343 e. The fourth-order valence-electron chi connectivity index (χ4n) is 3.53. The van der Waals surface area contributed by atoms with Crippen LogP contribution in [0.3, 0.4) is 0 Å². The summed E-state index contributed by atoms with van der Waals surface area (Å²) in [7, 11) is 0. The zero-order valence-corrected chi connectivity index (χ0v) is 27.0. The van der Waals surface area contributed by atoms with Crippen molar-refractivity contribution in [1.29, 1.82) is 0 Å². The first-order valence-corrected chi connectivity index (χ1v) is 14.6. The summed E-state index contributed by atoms with van der Waals surface area (Å²) in [6.45, 7) is 0. The van der Waals surface area contributed by atoms with Crippen LogP contribution >= 0.6 is 95.6 Å². The largest absolute Gasteiger partial charge is 0.506 e. The number of phenols is 3. The monoisotopic (exact) mass is 870 g/mol. The van der Waals surface area contributed by atoms with Crippen LogP contribution in [0, 0.1) is 0 Å². The number of hydrogen-bond acceptors (Lipinski definition) is 6. The molecule has 3 aromatic carbocycles. The molecule has 186 valence electrons. The molecular weight excluding hydrogens is 864 g/mol. The van der Waals surface area contributed by atoms with Crippen LogP contribution in [0.15, 0.2) is 74.6 Å². The van der Waals surface area contributed by atoms with Gasteiger partial charge in [-0.05, 0) is 155 Å². The molecule has 1 heterocycles. The van der Waals surface area contributed by atoms with E-state index in [0.29, 0.717) is 49.1 Å². The predicted molar refractivity (Wildman–Crippen MR) is 156 cm³/mol. The Morgan fingerprint density at radius 1 is 0.694 bits per heavy atom. The summed E-state index contributed by atoms with van der Waals surface area (Å²) < 4.78 is 7.83. The molecular formula is C24H12Br6O6. The number of ether oxygens (including phenoxy) is 1. The number of rotatable bonds is 4. The fourth-order valence-corrected chi connectivity index (χ4v) is 7.16. The lowest BCUT2D eigenvalue weighted by molar-refractivity contribution is -0.134. The van der Waals surface area contributed by atoms with Crippen LogP contribution in [0.4, 0.5) is 0 Å². The molecule has 0 bridgehead atoms. The Labute approximate surface area is 255 Å². The summed E-state index contributed by atoms with van der Waals surface area (Å²) in [5, 5.41) is 41.7. The Bertz CT molecular complexity index is 1430. The molecule has 1 aliphatic heterocycles. The summed E-state index contributed by atoms with van der Waals surface area (Å²) in [6.07, 6.45) is 0.176. The molecule has 36 heavy (non-hydrogen) atoms. The van der Waals surface area contributed by atoms with Crippen LogP contribution in [0.2, 0.25) is 0 Å². The van der Waals surface area contributed by atoms with Crippen LogP contribution in [0.5, 0.6) is 17.2 Å². The van der Waals surface area contributed by atoms with E-state index in [-0.39, 0.29) is 28.6 Å². The molecule has 1 atom stereocenters. The minimum Gasteiger partial charge on any atom is -0.506 e. The van der Waals surface area contributed by atoms with Crippen LogP contribution in [0.1, 0.15) is 22.8 Å². The van der Waals surface area contributed by atoms with E-state index in [0.717, 1.165) is 0 Å². The molecule has 4 N–H and O–H groups in total. The maximum Gasteiger partial charge on any atom is 0.343 e. The van der Waals surface area contributed by atoms with Crippen molar-refractivity contribution in [2.45, 2.75) is 6.10 Å². The Morgan fingerprint density at radius 3 is 1.58 bits per heavy atom. The number of hydrogen-bond donors (Lipinski definition) is 4. The van der Waals surface area contributed by atoms with Gasteiger partial charge in [-0.1, -0.05) is 0 Å². The first-order chi connectivity index (χ1) is 16.9. The van der Waals surface area contributed by atoms with Gasteiger partial charge < -0.3 is 25.2 Å². The number of halogens is 6. The average Bonchev–Trinajstić information content (AvgIpc) is 3.13. The zero-order valence-electron chi connectivity index (χ0n) is 17.5. The first-order valence-electron chi connectivity index (χ1n) is 9.79. The summed E-state index contributed by atoms with van der Waals surface area (Å²) in [5.74, 6) is -0.678. The van der Waals surface area contributed by atoms with Gasteiger partial charge >= 0.3 is 5.97 Å². The molecule has 0 unspecified atom stereocenters. The minimum absolute atomic E-state index is 0.0160. The van der Waals surface area contributed by atoms with Gasteiger partial charge in [0.2, 0.25) is 0 Å². The minimum atomic E-state index is -1.42. The van der Waals surface area contributed by atoms with E-state index < -0.39 is 12.1 Å². The summed E-state index contributed by atoms with van der Waals surface area (Å²) in [5.41, 5.74) is 1.66. The normalized spacial score (nSPS) is 15.5. The number of aliphatic hydroxyl groups is 1. The molecule has 1 aliphatic rings. The van der Waals surface area contributed by atoms with E-state index >= 15 is 0 Å². The quantitative estimate of drug-likeness (QED) is 0.196. The SMILES string of the molecule is O=C1O/C(=C\c2cc(Br)c(O)c(Br)c2)C(c2cc(Br)c(O)c(Br)c2)=C1[C@@H](O)c1cc(Br)c(O)c(Br)c1. The van der Waals surface area contributed by atoms with Crippen LogP contribution < -0.4 is 0 Å². The molecule has 0 fully saturated rings. The van der Waals surface area contributed by atoms with Gasteiger partial charge in [0.05, 0.1) is 32.4 Å². The van der Waals surface area contributed by atoms with Gasteiger partial charge in [0.25, 0.3) is 0 Å². The third-order valence-electron chi connectivity index (χ3n) is 5.21. The van der Waals surface area contributed by atoms with E-state index in [9.17, 15) is 25.2 Å². The van der Waals surface area contributed by atoms with Crippen molar-refractivity contribution in [2.24, 2.45) is 0 Å². The van der Waals surface area contributed by atoms with Crippen molar-refractivity contribution in [2.75, 3.05) is 0 Å². The lowest BCUT2D eigenvalue weighted by Crippen LogP contribution is -2.10. The van der Waals surface area contributed by atoms with Gasteiger partial charge in [-0.3, -0.25) is 0 Å². The lowest BCUT2D eigenvalue weighted by atomic mass is 9.92. The van der Waals surface area contributed by atoms with Crippen molar-refractivity contribution in [3.8, 4) is 17.2 Å². The van der Waals surface area contributed by atoms with Crippen molar-refractivity contribution in [1.82, 2.24) is 0 Å². The number of carbonyl (C=O) groups is 1. The number of phenolic OH excluding ortho intramolecular Hbond substituents is 3. The highest BCUT2D eigenvalue weighted by Crippen LogP contribution is 2.46. The molecule has 4 rings (SSSR count). The van der Waals surface area contributed by atoms with Gasteiger partial charge in [0.15, 0.2) is 0 Å².